The number of nitro groups is 1. The molecule has 0 aliphatic carbocycles. The Kier molecular flexibility index (Phi) is 8.14. The van der Waals surface area contributed by atoms with Gasteiger partial charge in [0.05, 0.1) is 28.7 Å². The van der Waals surface area contributed by atoms with E-state index in [4.69, 9.17) is 9.84 Å². The molecule has 4 heterocycles. The lowest BCUT2D eigenvalue weighted by atomic mass is 10.00. The number of hydrogen-bond acceptors (Lipinski definition) is 8. The molecule has 0 amide bonds. The summed E-state index contributed by atoms with van der Waals surface area (Å²) in [6.45, 7) is 6.53. The van der Waals surface area contributed by atoms with Crippen molar-refractivity contribution in [1.82, 2.24) is 23.6 Å². The molecule has 3 aromatic heterocycles. The lowest BCUT2D eigenvalue weighted by molar-refractivity contribution is -0.384. The molecule has 7 rings (SSSR count). The number of hydrogen-bond donors (Lipinski definition) is 0. The van der Waals surface area contributed by atoms with Crippen LogP contribution < -0.4 is 0 Å². The fourth-order valence-electron chi connectivity index (χ4n) is 5.99. The Bertz CT molecular complexity index is 2170. The molecule has 6 aromatic rings. The molecule has 0 saturated carbocycles. The Balaban J connectivity index is 1.40. The highest BCUT2D eigenvalue weighted by Crippen LogP contribution is 2.40. The standard InChI is InChI=1S/C35H32N6O5S/c1-2-39-24-32(34(37-39)27-12-14-28(15-13-27)41(42)43)30-16-17-36-35-31(30)22-33(40(35)47(44,45)29-6-4-3-5-7-29)26-10-8-25(9-11-26)23-38-18-20-46-21-19-38/h3-17,22,24H,2,18-21,23H2,1H3. The summed E-state index contributed by atoms with van der Waals surface area (Å²) in [5.74, 6) is 0. The average Bonchev–Trinajstić information content (AvgIpc) is 3.72. The quantitative estimate of drug-likeness (QED) is 0.133. The average molecular weight is 649 g/mol. The molecule has 0 spiro atoms. The van der Waals surface area contributed by atoms with E-state index in [2.05, 4.69) is 9.88 Å². The van der Waals surface area contributed by atoms with Crippen molar-refractivity contribution in [3.63, 3.8) is 0 Å². The van der Waals surface area contributed by atoms with Gasteiger partial charge in [-0.3, -0.25) is 19.7 Å². The molecule has 47 heavy (non-hydrogen) atoms. The van der Waals surface area contributed by atoms with E-state index in [9.17, 15) is 18.5 Å². The third-order valence-electron chi connectivity index (χ3n) is 8.43. The second kappa shape index (κ2) is 12.6. The Morgan fingerprint density at radius 2 is 1.60 bits per heavy atom. The van der Waals surface area contributed by atoms with Crippen LogP contribution in [0.4, 0.5) is 5.69 Å². The summed E-state index contributed by atoms with van der Waals surface area (Å²) in [5.41, 5.74) is 5.46. The lowest BCUT2D eigenvalue weighted by Gasteiger charge is -2.26. The van der Waals surface area contributed by atoms with Gasteiger partial charge in [-0.05, 0) is 60.0 Å². The molecule has 0 N–H and O–H groups in total. The fourth-order valence-corrected chi connectivity index (χ4v) is 7.49. The number of morpholine rings is 1. The number of pyridine rings is 1. The van der Waals surface area contributed by atoms with Crippen LogP contribution in [0.3, 0.4) is 0 Å². The van der Waals surface area contributed by atoms with E-state index in [0.717, 1.165) is 41.9 Å². The smallest absolute Gasteiger partial charge is 0.269 e. The first-order valence-corrected chi connectivity index (χ1v) is 16.8. The first-order valence-electron chi connectivity index (χ1n) is 15.4. The normalized spacial score (nSPS) is 14.1. The summed E-state index contributed by atoms with van der Waals surface area (Å²) >= 11 is 0. The minimum Gasteiger partial charge on any atom is -0.379 e. The van der Waals surface area contributed by atoms with Crippen LogP contribution >= 0.6 is 0 Å². The zero-order chi connectivity index (χ0) is 32.5. The monoisotopic (exact) mass is 648 g/mol. The number of aromatic nitrogens is 4. The first kappa shape index (κ1) is 30.5. The number of non-ortho nitro benzene ring substituents is 1. The lowest BCUT2D eigenvalue weighted by Crippen LogP contribution is -2.35. The predicted molar refractivity (Wildman–Crippen MR) is 179 cm³/mol. The number of nitro benzene ring substituents is 1. The summed E-state index contributed by atoms with van der Waals surface area (Å²) in [6.07, 6.45) is 3.52. The Morgan fingerprint density at radius 3 is 2.28 bits per heavy atom. The van der Waals surface area contributed by atoms with Crippen LogP contribution in [-0.4, -0.2) is 63.3 Å². The van der Waals surface area contributed by atoms with Crippen LogP contribution in [0.5, 0.6) is 0 Å². The number of benzene rings is 3. The predicted octanol–water partition coefficient (Wildman–Crippen LogP) is 6.23. The van der Waals surface area contributed by atoms with Crippen LogP contribution in [-0.2, 0) is 27.8 Å². The Hall–Kier alpha value is -5.17. The van der Waals surface area contributed by atoms with Crippen molar-refractivity contribution >= 4 is 26.7 Å². The van der Waals surface area contributed by atoms with Crippen molar-refractivity contribution in [3.8, 4) is 33.6 Å². The molecular weight excluding hydrogens is 616 g/mol. The van der Waals surface area contributed by atoms with Gasteiger partial charge in [-0.2, -0.15) is 5.10 Å². The highest BCUT2D eigenvalue weighted by atomic mass is 32.2. The van der Waals surface area contributed by atoms with E-state index >= 15 is 0 Å². The number of rotatable bonds is 9. The highest BCUT2D eigenvalue weighted by Gasteiger charge is 2.27. The van der Waals surface area contributed by atoms with Crippen LogP contribution in [0.15, 0.2) is 108 Å². The maximum atomic E-state index is 14.3. The summed E-state index contributed by atoms with van der Waals surface area (Å²) in [6, 6.07) is 26.3. The highest BCUT2D eigenvalue weighted by molar-refractivity contribution is 7.90. The van der Waals surface area contributed by atoms with Gasteiger partial charge in [0.1, 0.15) is 5.69 Å². The molecule has 1 aliphatic heterocycles. The van der Waals surface area contributed by atoms with Gasteiger partial charge in [0.15, 0.2) is 5.65 Å². The number of aryl methyl sites for hydroxylation is 1. The van der Waals surface area contributed by atoms with Gasteiger partial charge in [0.2, 0.25) is 0 Å². The minimum absolute atomic E-state index is 0.0136. The third kappa shape index (κ3) is 5.82. The van der Waals surface area contributed by atoms with Crippen molar-refractivity contribution in [2.75, 3.05) is 26.3 Å². The molecule has 1 aliphatic rings. The Morgan fingerprint density at radius 1 is 0.894 bits per heavy atom. The Labute approximate surface area is 271 Å². The van der Waals surface area contributed by atoms with Crippen molar-refractivity contribution in [2.24, 2.45) is 0 Å². The van der Waals surface area contributed by atoms with Crippen LogP contribution in [0.1, 0.15) is 12.5 Å². The van der Waals surface area contributed by atoms with Gasteiger partial charge in [-0.25, -0.2) is 17.4 Å². The molecule has 0 unspecified atom stereocenters. The van der Waals surface area contributed by atoms with Crippen molar-refractivity contribution in [3.05, 3.63) is 119 Å². The SMILES string of the molecule is CCn1cc(-c2ccnc3c2cc(-c2ccc(CN4CCOCC4)cc2)n3S(=O)(=O)c2ccccc2)c(-c2ccc([N+](=O)[O-])cc2)n1. The van der Waals surface area contributed by atoms with Crippen LogP contribution in [0, 0.1) is 10.1 Å². The minimum atomic E-state index is -4.06. The van der Waals surface area contributed by atoms with E-state index < -0.39 is 14.9 Å². The van der Waals surface area contributed by atoms with Crippen molar-refractivity contribution in [1.29, 1.82) is 0 Å². The van der Waals surface area contributed by atoms with Gasteiger partial charge < -0.3 is 4.74 Å². The topological polar surface area (TPSA) is 125 Å². The molecule has 0 atom stereocenters. The van der Waals surface area contributed by atoms with Gasteiger partial charge in [-0.1, -0.05) is 42.5 Å². The van der Waals surface area contributed by atoms with E-state index in [1.165, 1.54) is 16.1 Å². The third-order valence-corrected chi connectivity index (χ3v) is 10.1. The van der Waals surface area contributed by atoms with Crippen LogP contribution in [0.25, 0.3) is 44.7 Å². The number of nitrogens with zero attached hydrogens (tertiary/aromatic N) is 6. The summed E-state index contributed by atoms with van der Waals surface area (Å²) in [7, 11) is -4.06. The maximum absolute atomic E-state index is 14.3. The molecule has 12 heteroatoms. The van der Waals surface area contributed by atoms with Gasteiger partial charge in [0.25, 0.3) is 15.7 Å². The molecule has 3 aromatic carbocycles. The van der Waals surface area contributed by atoms with E-state index in [-0.39, 0.29) is 16.2 Å². The van der Waals surface area contributed by atoms with E-state index in [1.807, 2.05) is 49.5 Å². The molecule has 1 saturated heterocycles. The molecule has 11 nitrogen and oxygen atoms in total. The molecule has 238 valence electrons. The molecule has 0 radical (unpaired) electrons. The summed E-state index contributed by atoms with van der Waals surface area (Å²) in [4.78, 5) is 18.0. The van der Waals surface area contributed by atoms with Crippen molar-refractivity contribution < 1.29 is 18.1 Å². The zero-order valence-corrected chi connectivity index (χ0v) is 26.5. The maximum Gasteiger partial charge on any atom is 0.269 e. The molecular formula is C35H32N6O5S. The van der Waals surface area contributed by atoms with Gasteiger partial charge in [-0.15, -0.1) is 0 Å². The summed E-state index contributed by atoms with van der Waals surface area (Å²) < 4.78 is 37.3. The summed E-state index contributed by atoms with van der Waals surface area (Å²) in [5, 5.41) is 16.7. The van der Waals surface area contributed by atoms with E-state index in [1.54, 1.807) is 53.3 Å². The largest absolute Gasteiger partial charge is 0.379 e. The van der Waals surface area contributed by atoms with E-state index in [0.29, 0.717) is 42.1 Å². The van der Waals surface area contributed by atoms with Crippen LogP contribution in [0.2, 0.25) is 0 Å². The second-order valence-electron chi connectivity index (χ2n) is 11.3. The van der Waals surface area contributed by atoms with Gasteiger partial charge in [0, 0.05) is 67.2 Å². The van der Waals surface area contributed by atoms with Crippen molar-refractivity contribution in [2.45, 2.75) is 24.9 Å². The molecule has 1 fully saturated rings. The zero-order valence-electron chi connectivity index (χ0n) is 25.7. The van der Waals surface area contributed by atoms with Gasteiger partial charge >= 0.3 is 0 Å². The first-order chi connectivity index (χ1) is 22.8. The fraction of sp³-hybridized carbons (Fsp3) is 0.200. The second-order valence-corrected chi connectivity index (χ2v) is 13.1. The number of ether oxygens (including phenoxy) is 1. The molecule has 0 bridgehead atoms. The number of fused-ring (bicyclic) bond motifs is 1.